The number of aryl methyl sites for hydroxylation is 1. The van der Waals surface area contributed by atoms with Gasteiger partial charge in [-0.05, 0) is 42.3 Å². The molecule has 5 rings (SSSR count). The molecule has 0 bridgehead atoms. The molecule has 0 unspecified atom stereocenters. The monoisotopic (exact) mass is 473 g/mol. The van der Waals surface area contributed by atoms with Crippen molar-refractivity contribution in [2.45, 2.75) is 19.9 Å². The molecule has 5 aromatic rings. The largest absolute Gasteiger partial charge is 0.464 e. The van der Waals surface area contributed by atoms with Crippen LogP contribution in [-0.2, 0) is 17.7 Å². The molecule has 0 amide bonds. The van der Waals surface area contributed by atoms with E-state index < -0.39 is 5.97 Å². The standard InChI is InChI=1S/C27H21ClFN3O2/c1-3-16-12-20-23(13-21(16)29)32(15-19-11-17-7-4-5-9-22(17)31-26(19)28)25(27(33)34-2)24(20)18-8-6-10-30-14-18/h4-14H,3,15H2,1-2H3. The predicted molar refractivity (Wildman–Crippen MR) is 132 cm³/mol. The Kier molecular flexibility index (Phi) is 5.75. The van der Waals surface area contributed by atoms with Crippen LogP contribution in [0.4, 0.5) is 4.39 Å². The molecule has 3 aromatic heterocycles. The molecule has 0 aliphatic heterocycles. The molecule has 0 N–H and O–H groups in total. The molecule has 34 heavy (non-hydrogen) atoms. The Labute approximate surface area is 200 Å². The summed E-state index contributed by atoms with van der Waals surface area (Å²) >= 11 is 6.55. The maximum Gasteiger partial charge on any atom is 0.355 e. The zero-order valence-corrected chi connectivity index (χ0v) is 19.4. The number of carbonyl (C=O) groups is 1. The number of pyridine rings is 2. The number of methoxy groups -OCH3 is 1. The summed E-state index contributed by atoms with van der Waals surface area (Å²) in [6, 6.07) is 16.6. The molecule has 0 saturated heterocycles. The lowest BCUT2D eigenvalue weighted by Crippen LogP contribution is -2.13. The summed E-state index contributed by atoms with van der Waals surface area (Å²) in [5.74, 6) is -0.857. The van der Waals surface area contributed by atoms with Gasteiger partial charge < -0.3 is 9.30 Å². The van der Waals surface area contributed by atoms with Crippen molar-refractivity contribution in [1.29, 1.82) is 0 Å². The van der Waals surface area contributed by atoms with Gasteiger partial charge in [0.15, 0.2) is 0 Å². The van der Waals surface area contributed by atoms with E-state index in [1.807, 2.05) is 43.3 Å². The maximum absolute atomic E-state index is 15.0. The molecule has 170 valence electrons. The lowest BCUT2D eigenvalue weighted by Gasteiger charge is -2.13. The highest BCUT2D eigenvalue weighted by atomic mass is 35.5. The van der Waals surface area contributed by atoms with Gasteiger partial charge in [0.1, 0.15) is 16.7 Å². The first-order valence-electron chi connectivity index (χ1n) is 10.9. The molecule has 2 aromatic carbocycles. The molecule has 0 fully saturated rings. The number of nitrogens with zero attached hydrogens (tertiary/aromatic N) is 3. The number of fused-ring (bicyclic) bond motifs is 2. The van der Waals surface area contributed by atoms with E-state index in [4.69, 9.17) is 16.3 Å². The Bertz CT molecular complexity index is 1550. The average molecular weight is 474 g/mol. The van der Waals surface area contributed by atoms with Crippen LogP contribution in [0.3, 0.4) is 0 Å². The number of para-hydroxylation sites is 1. The summed E-state index contributed by atoms with van der Waals surface area (Å²) in [5, 5.41) is 1.99. The molecule has 7 heteroatoms. The van der Waals surface area contributed by atoms with Crippen LogP contribution < -0.4 is 0 Å². The summed E-state index contributed by atoms with van der Waals surface area (Å²) in [7, 11) is 1.33. The van der Waals surface area contributed by atoms with Crippen molar-refractivity contribution in [1.82, 2.24) is 14.5 Å². The van der Waals surface area contributed by atoms with Gasteiger partial charge in [-0.15, -0.1) is 0 Å². The highest BCUT2D eigenvalue weighted by Crippen LogP contribution is 2.38. The third-order valence-electron chi connectivity index (χ3n) is 6.02. The fourth-order valence-corrected chi connectivity index (χ4v) is 4.58. The number of benzene rings is 2. The molecule has 5 nitrogen and oxygen atoms in total. The van der Waals surface area contributed by atoms with Gasteiger partial charge in [0.05, 0.1) is 24.7 Å². The normalized spacial score (nSPS) is 11.3. The van der Waals surface area contributed by atoms with Gasteiger partial charge >= 0.3 is 5.97 Å². The minimum Gasteiger partial charge on any atom is -0.464 e. The zero-order valence-electron chi connectivity index (χ0n) is 18.7. The lowest BCUT2D eigenvalue weighted by molar-refractivity contribution is 0.0590. The Morgan fingerprint density at radius 2 is 1.94 bits per heavy atom. The second-order valence-electron chi connectivity index (χ2n) is 7.99. The van der Waals surface area contributed by atoms with Gasteiger partial charge in [-0.1, -0.05) is 42.8 Å². The van der Waals surface area contributed by atoms with Crippen LogP contribution >= 0.6 is 11.6 Å². The Hall–Kier alpha value is -3.77. The number of carbonyl (C=O) groups excluding carboxylic acids is 1. The fraction of sp³-hybridized carbons (Fsp3) is 0.148. The van der Waals surface area contributed by atoms with Gasteiger partial charge in [0.25, 0.3) is 0 Å². The number of halogens is 2. The van der Waals surface area contributed by atoms with Crippen molar-refractivity contribution >= 4 is 39.4 Å². The highest BCUT2D eigenvalue weighted by Gasteiger charge is 2.26. The molecule has 0 radical (unpaired) electrons. The van der Waals surface area contributed by atoms with Crippen LogP contribution in [0.2, 0.25) is 5.15 Å². The second kappa shape index (κ2) is 8.88. The van der Waals surface area contributed by atoms with Crippen molar-refractivity contribution < 1.29 is 13.9 Å². The lowest BCUT2D eigenvalue weighted by atomic mass is 10.0. The van der Waals surface area contributed by atoms with Crippen LogP contribution in [0.25, 0.3) is 32.9 Å². The summed E-state index contributed by atoms with van der Waals surface area (Å²) in [4.78, 5) is 21.9. The maximum atomic E-state index is 15.0. The number of hydrogen-bond donors (Lipinski definition) is 0. The van der Waals surface area contributed by atoms with E-state index in [1.165, 1.54) is 13.2 Å². The van der Waals surface area contributed by atoms with E-state index in [9.17, 15) is 9.18 Å². The van der Waals surface area contributed by atoms with E-state index in [1.54, 1.807) is 29.1 Å². The highest BCUT2D eigenvalue weighted by molar-refractivity contribution is 6.30. The third kappa shape index (κ3) is 3.70. The first-order chi connectivity index (χ1) is 16.5. The molecule has 0 spiro atoms. The Morgan fingerprint density at radius 1 is 1.12 bits per heavy atom. The quantitative estimate of drug-likeness (QED) is 0.218. The van der Waals surface area contributed by atoms with E-state index in [0.29, 0.717) is 39.5 Å². The van der Waals surface area contributed by atoms with E-state index in [0.717, 1.165) is 21.9 Å². The van der Waals surface area contributed by atoms with E-state index in [2.05, 4.69) is 9.97 Å². The van der Waals surface area contributed by atoms with Crippen molar-refractivity contribution in [3.05, 3.63) is 94.8 Å². The fourth-order valence-electron chi connectivity index (χ4n) is 4.38. The van der Waals surface area contributed by atoms with Gasteiger partial charge in [0.2, 0.25) is 0 Å². The number of rotatable bonds is 5. The molecule has 3 heterocycles. The van der Waals surface area contributed by atoms with Gasteiger partial charge in [-0.25, -0.2) is 14.2 Å². The van der Waals surface area contributed by atoms with E-state index >= 15 is 0 Å². The number of hydrogen-bond acceptors (Lipinski definition) is 4. The number of ether oxygens (including phenoxy) is 1. The van der Waals surface area contributed by atoms with Crippen LogP contribution in [0.15, 0.2) is 67.0 Å². The molecule has 0 saturated carbocycles. The second-order valence-corrected chi connectivity index (χ2v) is 8.35. The van der Waals surface area contributed by atoms with Crippen LogP contribution in [0, 0.1) is 5.82 Å². The molecule has 0 aliphatic carbocycles. The minimum atomic E-state index is -0.529. The van der Waals surface area contributed by atoms with Gasteiger partial charge in [-0.2, -0.15) is 0 Å². The SMILES string of the molecule is CCc1cc2c(-c3cccnc3)c(C(=O)OC)n(Cc3cc4ccccc4nc3Cl)c2cc1F. The summed E-state index contributed by atoms with van der Waals surface area (Å²) in [6.07, 6.45) is 3.87. The molecular weight excluding hydrogens is 453 g/mol. The first-order valence-corrected chi connectivity index (χ1v) is 11.3. The van der Waals surface area contributed by atoms with Crippen molar-refractivity contribution in [3.8, 4) is 11.1 Å². The number of aromatic nitrogens is 3. The predicted octanol–water partition coefficient (Wildman–Crippen LogP) is 6.44. The van der Waals surface area contributed by atoms with Crippen molar-refractivity contribution in [2.24, 2.45) is 0 Å². The minimum absolute atomic E-state index is 0.211. The van der Waals surface area contributed by atoms with Crippen LogP contribution in [0.5, 0.6) is 0 Å². The molecule has 0 aliphatic rings. The molecular formula is C27H21ClFN3O2. The van der Waals surface area contributed by atoms with Gasteiger partial charge in [0, 0.05) is 39.9 Å². The topological polar surface area (TPSA) is 57.0 Å². The summed E-state index contributed by atoms with van der Waals surface area (Å²) in [5.41, 5.74) is 4.31. The molecule has 0 atom stereocenters. The summed E-state index contributed by atoms with van der Waals surface area (Å²) in [6.45, 7) is 2.11. The van der Waals surface area contributed by atoms with Crippen LogP contribution in [0.1, 0.15) is 28.5 Å². The van der Waals surface area contributed by atoms with Crippen LogP contribution in [-0.4, -0.2) is 27.6 Å². The smallest absolute Gasteiger partial charge is 0.355 e. The third-order valence-corrected chi connectivity index (χ3v) is 6.35. The number of esters is 1. The van der Waals surface area contributed by atoms with Gasteiger partial charge in [-0.3, -0.25) is 4.98 Å². The Balaban J connectivity index is 1.83. The average Bonchev–Trinajstić information content (AvgIpc) is 3.16. The van der Waals surface area contributed by atoms with Crippen molar-refractivity contribution in [2.75, 3.05) is 7.11 Å². The van der Waals surface area contributed by atoms with E-state index in [-0.39, 0.29) is 12.4 Å². The Morgan fingerprint density at radius 3 is 2.68 bits per heavy atom. The summed E-state index contributed by atoms with van der Waals surface area (Å²) < 4.78 is 21.9. The van der Waals surface area contributed by atoms with Crippen molar-refractivity contribution in [3.63, 3.8) is 0 Å². The first kappa shape index (κ1) is 22.0. The zero-order chi connectivity index (χ0) is 23.8.